The number of aryl methyl sites for hydroxylation is 2. The SMILES string of the molecule is Cc1c(CCSC2=C(C(=O)O)N3C(=O)C[C@H]3[C@]2(C)[C@@H](C)O)nc2ccccn12. The highest BCUT2D eigenvalue weighted by molar-refractivity contribution is 8.03. The number of aliphatic carboxylic acids is 1. The molecule has 0 aromatic carbocycles. The maximum Gasteiger partial charge on any atom is 0.353 e. The number of nitrogens with zero attached hydrogens (tertiary/aromatic N) is 3. The number of fused-ring (bicyclic) bond motifs is 2. The summed E-state index contributed by atoms with van der Waals surface area (Å²) in [7, 11) is 0. The number of aliphatic hydroxyl groups excluding tert-OH is 1. The van der Waals surface area contributed by atoms with Gasteiger partial charge in [0.25, 0.3) is 0 Å². The molecule has 0 spiro atoms. The predicted octanol–water partition coefficient (Wildman–Crippen LogP) is 2.22. The molecular formula is C20H23N3O4S. The first kappa shape index (κ1) is 19.0. The molecule has 4 rings (SSSR count). The van der Waals surface area contributed by atoms with Crippen LogP contribution >= 0.6 is 11.8 Å². The number of carboxylic acids is 1. The van der Waals surface area contributed by atoms with Crippen molar-refractivity contribution in [1.82, 2.24) is 14.3 Å². The number of aromatic nitrogens is 2. The molecule has 1 saturated heterocycles. The van der Waals surface area contributed by atoms with E-state index in [-0.39, 0.29) is 24.1 Å². The average molecular weight is 401 g/mol. The zero-order valence-electron chi connectivity index (χ0n) is 16.0. The molecule has 0 unspecified atom stereocenters. The van der Waals surface area contributed by atoms with Crippen molar-refractivity contribution in [2.24, 2.45) is 5.41 Å². The lowest BCUT2D eigenvalue weighted by Crippen LogP contribution is -2.57. The zero-order valence-corrected chi connectivity index (χ0v) is 16.9. The van der Waals surface area contributed by atoms with E-state index >= 15 is 0 Å². The van der Waals surface area contributed by atoms with Gasteiger partial charge in [-0.2, -0.15) is 0 Å². The van der Waals surface area contributed by atoms with Gasteiger partial charge in [0.2, 0.25) is 5.91 Å². The second-order valence-corrected chi connectivity index (χ2v) is 8.70. The standard InChI is InChI=1S/C20H23N3O4S/c1-11-13(21-15-6-4-5-8-22(11)15)7-9-28-18-17(19(26)27)23-14(10-16(23)25)20(18,3)12(2)24/h4-6,8,12,14,24H,7,9-10H2,1-3H3,(H,26,27)/t12-,14+,20+/m1/s1. The van der Waals surface area contributed by atoms with Gasteiger partial charge in [-0.15, -0.1) is 11.8 Å². The Morgan fingerprint density at radius 2 is 2.21 bits per heavy atom. The summed E-state index contributed by atoms with van der Waals surface area (Å²) >= 11 is 1.41. The Hall–Kier alpha value is -2.32. The van der Waals surface area contributed by atoms with E-state index in [4.69, 9.17) is 0 Å². The van der Waals surface area contributed by atoms with E-state index in [9.17, 15) is 19.8 Å². The molecule has 2 aromatic heterocycles. The number of rotatable bonds is 6. The fourth-order valence-corrected chi connectivity index (χ4v) is 5.68. The van der Waals surface area contributed by atoms with E-state index in [0.29, 0.717) is 17.1 Å². The number of β-lactam (4-membered cyclic amide) rings is 1. The molecule has 2 aromatic rings. The minimum Gasteiger partial charge on any atom is -0.477 e. The fraction of sp³-hybridized carbons (Fsp3) is 0.450. The van der Waals surface area contributed by atoms with Gasteiger partial charge in [-0.1, -0.05) is 13.0 Å². The molecule has 0 radical (unpaired) electrons. The molecule has 0 saturated carbocycles. The van der Waals surface area contributed by atoms with Crippen molar-refractivity contribution in [3.05, 3.63) is 46.4 Å². The lowest BCUT2D eigenvalue weighted by molar-refractivity contribution is -0.152. The summed E-state index contributed by atoms with van der Waals surface area (Å²) in [6.07, 6.45) is 2.15. The minimum atomic E-state index is -1.12. The summed E-state index contributed by atoms with van der Waals surface area (Å²) < 4.78 is 2.03. The number of carboxylic acid groups (broad SMARTS) is 1. The van der Waals surface area contributed by atoms with Crippen molar-refractivity contribution in [2.75, 3.05) is 5.75 Å². The Kier molecular flexibility index (Phi) is 4.50. The zero-order chi connectivity index (χ0) is 20.2. The molecule has 1 amide bonds. The largest absolute Gasteiger partial charge is 0.477 e. The van der Waals surface area contributed by atoms with Gasteiger partial charge >= 0.3 is 5.97 Å². The third-order valence-corrected chi connectivity index (χ3v) is 7.44. The number of amides is 1. The summed E-state index contributed by atoms with van der Waals surface area (Å²) in [4.78, 5) is 30.6. The van der Waals surface area contributed by atoms with Gasteiger partial charge in [-0.05, 0) is 26.0 Å². The molecule has 4 heterocycles. The monoisotopic (exact) mass is 401 g/mol. The molecule has 0 bridgehead atoms. The fourth-order valence-electron chi connectivity index (χ4n) is 4.24. The molecule has 8 heteroatoms. The highest BCUT2D eigenvalue weighted by Gasteiger charge is 2.61. The van der Waals surface area contributed by atoms with Crippen molar-refractivity contribution >= 4 is 29.3 Å². The van der Waals surface area contributed by atoms with Gasteiger partial charge in [0.15, 0.2) is 0 Å². The second-order valence-electron chi connectivity index (χ2n) is 7.60. The summed E-state index contributed by atoms with van der Waals surface area (Å²) in [5, 5.41) is 20.2. The molecular weight excluding hydrogens is 378 g/mol. The van der Waals surface area contributed by atoms with E-state index in [0.717, 1.165) is 17.0 Å². The lowest BCUT2D eigenvalue weighted by atomic mass is 9.74. The van der Waals surface area contributed by atoms with Crippen LogP contribution in [0.3, 0.4) is 0 Å². The normalized spacial score (nSPS) is 25.2. The minimum absolute atomic E-state index is 0.0290. The van der Waals surface area contributed by atoms with E-state index < -0.39 is 17.5 Å². The molecule has 3 atom stereocenters. The van der Waals surface area contributed by atoms with Gasteiger partial charge in [0, 0.05) is 40.8 Å². The molecule has 7 nitrogen and oxygen atoms in total. The predicted molar refractivity (Wildman–Crippen MR) is 106 cm³/mol. The van der Waals surface area contributed by atoms with Gasteiger partial charge < -0.3 is 19.5 Å². The summed E-state index contributed by atoms with van der Waals surface area (Å²) in [5.41, 5.74) is 2.18. The third-order valence-electron chi connectivity index (χ3n) is 6.11. The van der Waals surface area contributed by atoms with Crippen LogP contribution in [0.5, 0.6) is 0 Å². The van der Waals surface area contributed by atoms with Crippen molar-refractivity contribution in [2.45, 2.75) is 45.8 Å². The van der Waals surface area contributed by atoms with E-state index in [1.165, 1.54) is 16.7 Å². The van der Waals surface area contributed by atoms with Crippen LogP contribution in [0.2, 0.25) is 0 Å². The molecule has 0 aliphatic carbocycles. The smallest absolute Gasteiger partial charge is 0.353 e. The summed E-state index contributed by atoms with van der Waals surface area (Å²) in [6, 6.07) is 5.56. The first-order chi connectivity index (χ1) is 13.3. The number of carbonyl (C=O) groups excluding carboxylic acids is 1. The average Bonchev–Trinajstić information content (AvgIpc) is 3.07. The van der Waals surface area contributed by atoms with Crippen molar-refractivity contribution in [1.29, 1.82) is 0 Å². The number of carbonyl (C=O) groups is 2. The van der Waals surface area contributed by atoms with Crippen molar-refractivity contribution in [3.8, 4) is 0 Å². The number of imidazole rings is 1. The van der Waals surface area contributed by atoms with Crippen molar-refractivity contribution in [3.63, 3.8) is 0 Å². The molecule has 2 aliphatic rings. The summed E-state index contributed by atoms with van der Waals surface area (Å²) in [6.45, 7) is 5.54. The first-order valence-electron chi connectivity index (χ1n) is 9.30. The number of hydrogen-bond donors (Lipinski definition) is 2. The van der Waals surface area contributed by atoms with Crippen LogP contribution in [0.4, 0.5) is 0 Å². The van der Waals surface area contributed by atoms with Crippen LogP contribution < -0.4 is 0 Å². The van der Waals surface area contributed by atoms with Crippen LogP contribution in [0, 0.1) is 12.3 Å². The van der Waals surface area contributed by atoms with Crippen LogP contribution in [0.15, 0.2) is 35.0 Å². The second kappa shape index (κ2) is 6.63. The van der Waals surface area contributed by atoms with E-state index in [1.54, 1.807) is 6.92 Å². The van der Waals surface area contributed by atoms with Gasteiger partial charge in [0.1, 0.15) is 11.3 Å². The van der Waals surface area contributed by atoms with Crippen LogP contribution in [-0.4, -0.2) is 54.3 Å². The number of hydrogen-bond acceptors (Lipinski definition) is 5. The highest BCUT2D eigenvalue weighted by atomic mass is 32.2. The molecule has 2 N–H and O–H groups in total. The third kappa shape index (κ3) is 2.58. The number of thioether (sulfide) groups is 1. The van der Waals surface area contributed by atoms with E-state index in [2.05, 4.69) is 4.98 Å². The first-order valence-corrected chi connectivity index (χ1v) is 10.3. The lowest BCUT2D eigenvalue weighted by Gasteiger charge is -2.45. The van der Waals surface area contributed by atoms with Crippen LogP contribution in [0.25, 0.3) is 5.65 Å². The maximum atomic E-state index is 12.0. The van der Waals surface area contributed by atoms with Crippen LogP contribution in [0.1, 0.15) is 31.7 Å². The van der Waals surface area contributed by atoms with Crippen LogP contribution in [-0.2, 0) is 16.0 Å². The maximum absolute atomic E-state index is 12.0. The van der Waals surface area contributed by atoms with Crippen molar-refractivity contribution < 1.29 is 19.8 Å². The van der Waals surface area contributed by atoms with E-state index in [1.807, 2.05) is 42.6 Å². The molecule has 148 valence electrons. The Bertz CT molecular complexity index is 1010. The topological polar surface area (TPSA) is 95.1 Å². The van der Waals surface area contributed by atoms with Gasteiger partial charge in [-0.25, -0.2) is 9.78 Å². The molecule has 2 aliphatic heterocycles. The Morgan fingerprint density at radius 3 is 2.82 bits per heavy atom. The molecule has 28 heavy (non-hydrogen) atoms. The number of pyridine rings is 1. The number of aliphatic hydroxyl groups is 1. The van der Waals surface area contributed by atoms with Gasteiger partial charge in [-0.3, -0.25) is 4.79 Å². The Labute approximate surface area is 167 Å². The Morgan fingerprint density at radius 1 is 1.46 bits per heavy atom. The molecule has 1 fully saturated rings. The summed E-state index contributed by atoms with van der Waals surface area (Å²) in [5.74, 6) is -0.691. The highest BCUT2D eigenvalue weighted by Crippen LogP contribution is 2.56. The Balaban J connectivity index is 1.60. The van der Waals surface area contributed by atoms with Gasteiger partial charge in [0.05, 0.1) is 17.8 Å². The quantitative estimate of drug-likeness (QED) is 0.721.